The van der Waals surface area contributed by atoms with Crippen LogP contribution in [0.1, 0.15) is 18.9 Å². The van der Waals surface area contributed by atoms with E-state index in [2.05, 4.69) is 21.2 Å². The third-order valence-corrected chi connectivity index (χ3v) is 3.49. The van der Waals surface area contributed by atoms with Crippen LogP contribution in [0.3, 0.4) is 0 Å². The lowest BCUT2D eigenvalue weighted by Crippen LogP contribution is -2.23. The number of hydrogen-bond donors (Lipinski definition) is 1. The van der Waals surface area contributed by atoms with Crippen LogP contribution in [0.2, 0.25) is 5.02 Å². The topological polar surface area (TPSA) is 29.1 Å². The highest BCUT2D eigenvalue weighted by molar-refractivity contribution is 9.10. The Morgan fingerprint density at radius 1 is 1.50 bits per heavy atom. The van der Waals surface area contributed by atoms with Crippen molar-refractivity contribution in [3.8, 4) is 0 Å². The van der Waals surface area contributed by atoms with Crippen LogP contribution in [0, 0.1) is 0 Å². The van der Waals surface area contributed by atoms with E-state index in [1.54, 1.807) is 6.92 Å². The molecule has 2 nitrogen and oxygen atoms in total. The molecular weight excluding hydrogens is 334 g/mol. The van der Waals surface area contributed by atoms with Crippen molar-refractivity contribution in [1.82, 2.24) is 0 Å². The van der Waals surface area contributed by atoms with Crippen LogP contribution in [-0.4, -0.2) is 10.7 Å². The van der Waals surface area contributed by atoms with Gasteiger partial charge in [0.2, 0.25) is 5.91 Å². The number of nitrogens with one attached hydrogen (secondary N) is 1. The molecule has 0 saturated heterocycles. The molecule has 1 atom stereocenters. The van der Waals surface area contributed by atoms with Gasteiger partial charge in [0.05, 0.1) is 16.1 Å². The molecule has 1 rings (SSSR count). The van der Waals surface area contributed by atoms with E-state index < -0.39 is 22.5 Å². The summed E-state index contributed by atoms with van der Waals surface area (Å²) in [5.74, 6) is -0.523. The van der Waals surface area contributed by atoms with Gasteiger partial charge in [-0.3, -0.25) is 4.79 Å². The molecule has 0 aliphatic heterocycles. The van der Waals surface area contributed by atoms with Crippen molar-refractivity contribution in [3.63, 3.8) is 0 Å². The normalized spacial score (nSPS) is 13.2. The lowest BCUT2D eigenvalue weighted by atomic mass is 10.1. The first-order valence-electron chi connectivity index (χ1n) is 5.07. The summed E-state index contributed by atoms with van der Waals surface area (Å²) >= 11 is 8.60. The summed E-state index contributed by atoms with van der Waals surface area (Å²) in [4.78, 5) is 11.0. The Labute approximate surface area is 116 Å². The summed E-state index contributed by atoms with van der Waals surface area (Å²) in [5.41, 5.74) is -1.26. The second-order valence-corrected chi connectivity index (χ2v) is 5.09. The van der Waals surface area contributed by atoms with Crippen molar-refractivity contribution in [2.75, 3.05) is 5.32 Å². The van der Waals surface area contributed by atoms with Crippen LogP contribution >= 0.6 is 27.5 Å². The minimum absolute atomic E-state index is 0.0359. The number of carbonyl (C=O) groups is 1. The molecular formula is C11H10BrClF3NO. The smallest absolute Gasteiger partial charge is 0.325 e. The van der Waals surface area contributed by atoms with E-state index in [0.717, 1.165) is 12.1 Å². The van der Waals surface area contributed by atoms with Gasteiger partial charge in [-0.15, -0.1) is 0 Å². The Morgan fingerprint density at radius 2 is 2.11 bits per heavy atom. The fourth-order valence-electron chi connectivity index (χ4n) is 1.26. The molecule has 0 spiro atoms. The predicted molar refractivity (Wildman–Crippen MR) is 68.1 cm³/mol. The van der Waals surface area contributed by atoms with E-state index in [4.69, 9.17) is 11.6 Å². The minimum Gasteiger partial charge on any atom is -0.325 e. The Balaban J connectivity index is 3.06. The van der Waals surface area contributed by atoms with E-state index in [0.29, 0.717) is 6.42 Å². The van der Waals surface area contributed by atoms with Crippen molar-refractivity contribution in [3.05, 3.63) is 28.8 Å². The van der Waals surface area contributed by atoms with Crippen LogP contribution in [0.25, 0.3) is 0 Å². The average molecular weight is 345 g/mol. The Bertz CT molecular complexity index is 450. The van der Waals surface area contributed by atoms with E-state index in [1.807, 2.05) is 0 Å². The molecule has 1 amide bonds. The van der Waals surface area contributed by atoms with Crippen LogP contribution in [0.5, 0.6) is 0 Å². The number of hydrogen-bond acceptors (Lipinski definition) is 1. The summed E-state index contributed by atoms with van der Waals surface area (Å²) in [7, 11) is 0. The maximum absolute atomic E-state index is 12.7. The lowest BCUT2D eigenvalue weighted by Gasteiger charge is -2.15. The fraction of sp³-hybridized carbons (Fsp3) is 0.364. The number of benzene rings is 1. The predicted octanol–water partition coefficient (Wildman–Crippen LogP) is 4.47. The van der Waals surface area contributed by atoms with Crippen LogP contribution in [-0.2, 0) is 11.0 Å². The maximum atomic E-state index is 12.7. The van der Waals surface area contributed by atoms with Gasteiger partial charge in [-0.05, 0) is 24.6 Å². The summed E-state index contributed by atoms with van der Waals surface area (Å²) in [6.07, 6.45) is -4.09. The molecule has 18 heavy (non-hydrogen) atoms. The molecule has 0 radical (unpaired) electrons. The van der Waals surface area contributed by atoms with Gasteiger partial charge < -0.3 is 5.32 Å². The van der Waals surface area contributed by atoms with Crippen molar-refractivity contribution in [1.29, 1.82) is 0 Å². The molecule has 100 valence electrons. The highest BCUT2D eigenvalue weighted by atomic mass is 79.9. The van der Waals surface area contributed by atoms with Gasteiger partial charge in [0.25, 0.3) is 0 Å². The number of rotatable bonds is 3. The largest absolute Gasteiger partial charge is 0.418 e. The first kappa shape index (κ1) is 15.3. The Hall–Kier alpha value is -0.750. The van der Waals surface area contributed by atoms with Crippen molar-refractivity contribution in [2.45, 2.75) is 24.3 Å². The van der Waals surface area contributed by atoms with Gasteiger partial charge >= 0.3 is 6.18 Å². The fourth-order valence-corrected chi connectivity index (χ4v) is 1.54. The molecule has 0 aliphatic rings. The number of anilines is 1. The summed E-state index contributed by atoms with van der Waals surface area (Å²) in [5, 5.41) is 2.19. The molecule has 1 N–H and O–H groups in total. The van der Waals surface area contributed by atoms with Crippen molar-refractivity contribution < 1.29 is 18.0 Å². The van der Waals surface area contributed by atoms with E-state index in [-0.39, 0.29) is 10.7 Å². The zero-order chi connectivity index (χ0) is 13.9. The molecule has 0 saturated carbocycles. The number of alkyl halides is 4. The molecule has 1 aromatic carbocycles. The highest BCUT2D eigenvalue weighted by Gasteiger charge is 2.34. The minimum atomic E-state index is -4.57. The maximum Gasteiger partial charge on any atom is 0.418 e. The van der Waals surface area contributed by atoms with Gasteiger partial charge in [-0.25, -0.2) is 0 Å². The van der Waals surface area contributed by atoms with Crippen molar-refractivity contribution >= 4 is 39.1 Å². The molecule has 0 heterocycles. The van der Waals surface area contributed by atoms with Gasteiger partial charge in [0.1, 0.15) is 0 Å². The third kappa shape index (κ3) is 3.88. The van der Waals surface area contributed by atoms with Crippen LogP contribution < -0.4 is 5.32 Å². The molecule has 1 aromatic rings. The first-order valence-corrected chi connectivity index (χ1v) is 6.36. The number of carbonyl (C=O) groups excluding carboxylic acids is 1. The molecule has 0 bridgehead atoms. The zero-order valence-electron chi connectivity index (χ0n) is 9.31. The van der Waals surface area contributed by atoms with Gasteiger partial charge in [-0.2, -0.15) is 13.2 Å². The van der Waals surface area contributed by atoms with Gasteiger partial charge in [-0.1, -0.05) is 34.5 Å². The quantitative estimate of drug-likeness (QED) is 0.805. The SMILES string of the molecule is CC[C@@H](Br)C(=O)Nc1ccc(Cl)cc1C(F)(F)F. The van der Waals surface area contributed by atoms with E-state index >= 15 is 0 Å². The summed E-state index contributed by atoms with van der Waals surface area (Å²) in [6, 6.07) is 3.21. The molecule has 0 aliphatic carbocycles. The standard InChI is InChI=1S/C11H10BrClF3NO/c1-2-8(12)10(18)17-9-4-3-6(13)5-7(9)11(14,15)16/h3-5,8H,2H2,1H3,(H,17,18)/t8-/m1/s1. The molecule has 0 fully saturated rings. The Morgan fingerprint density at radius 3 is 2.61 bits per heavy atom. The number of amides is 1. The second kappa shape index (κ2) is 5.93. The first-order chi connectivity index (χ1) is 8.25. The second-order valence-electron chi connectivity index (χ2n) is 3.55. The zero-order valence-corrected chi connectivity index (χ0v) is 11.7. The average Bonchev–Trinajstić information content (AvgIpc) is 2.28. The Kier molecular flexibility index (Phi) is 5.04. The summed E-state index contributed by atoms with van der Waals surface area (Å²) < 4.78 is 38.2. The molecule has 0 aromatic heterocycles. The van der Waals surface area contributed by atoms with Crippen LogP contribution in [0.4, 0.5) is 18.9 Å². The third-order valence-electron chi connectivity index (χ3n) is 2.19. The highest BCUT2D eigenvalue weighted by Crippen LogP contribution is 2.36. The van der Waals surface area contributed by atoms with Gasteiger partial charge in [0, 0.05) is 5.02 Å². The molecule has 7 heteroatoms. The lowest BCUT2D eigenvalue weighted by molar-refractivity contribution is -0.137. The monoisotopic (exact) mass is 343 g/mol. The van der Waals surface area contributed by atoms with Crippen molar-refractivity contribution in [2.24, 2.45) is 0 Å². The van der Waals surface area contributed by atoms with Gasteiger partial charge in [0.15, 0.2) is 0 Å². The van der Waals surface area contributed by atoms with Crippen LogP contribution in [0.15, 0.2) is 18.2 Å². The summed E-state index contributed by atoms with van der Waals surface area (Å²) in [6.45, 7) is 1.74. The molecule has 0 unspecified atom stereocenters. The number of halogens is 5. The van der Waals surface area contributed by atoms with E-state index in [9.17, 15) is 18.0 Å². The van der Waals surface area contributed by atoms with E-state index in [1.165, 1.54) is 6.07 Å².